The second kappa shape index (κ2) is 12.9. The Morgan fingerprint density at radius 3 is 1.96 bits per heavy atom. The molecule has 140 valence electrons. The fourth-order valence-corrected chi connectivity index (χ4v) is 3.15. The maximum absolute atomic E-state index is 2.45. The van der Waals surface area contributed by atoms with Crippen LogP contribution in [0.2, 0.25) is 0 Å². The average molecular weight is 652 g/mol. The van der Waals surface area contributed by atoms with Crippen LogP contribution in [0.3, 0.4) is 0 Å². The number of unbranched alkanes of at least 4 members (excludes halogenated alkanes) is 1. The summed E-state index contributed by atoms with van der Waals surface area (Å²) in [5, 5.41) is 2.77. The van der Waals surface area contributed by atoms with Crippen LogP contribution in [0.1, 0.15) is 53.1 Å². The van der Waals surface area contributed by atoms with Crippen LogP contribution in [0.5, 0.6) is 0 Å². The van der Waals surface area contributed by atoms with E-state index in [1.807, 2.05) is 0 Å². The summed E-state index contributed by atoms with van der Waals surface area (Å²) in [6.07, 6.45) is 3.81. The van der Waals surface area contributed by atoms with Gasteiger partial charge in [0.25, 0.3) is 0 Å². The molecular formula is C23H30I2Zr. The fraction of sp³-hybridized carbons (Fsp3) is 0.391. The molecule has 3 aromatic rings. The second-order valence-electron chi connectivity index (χ2n) is 6.79. The summed E-state index contributed by atoms with van der Waals surface area (Å²) < 4.78 is 0. The molecule has 3 heteroatoms. The van der Waals surface area contributed by atoms with E-state index in [0.717, 1.165) is 0 Å². The molecule has 0 saturated carbocycles. The molecule has 3 aromatic carbocycles. The van der Waals surface area contributed by atoms with E-state index in [-0.39, 0.29) is 14.9 Å². The minimum atomic E-state index is 0.170. The van der Waals surface area contributed by atoms with E-state index in [2.05, 4.69) is 114 Å². The zero-order valence-corrected chi connectivity index (χ0v) is 23.6. The predicted octanol–water partition coefficient (Wildman–Crippen LogP) is 8.62. The van der Waals surface area contributed by atoms with E-state index in [9.17, 15) is 0 Å². The number of hydrogen-bond acceptors (Lipinski definition) is 0. The first-order chi connectivity index (χ1) is 12.4. The summed E-state index contributed by atoms with van der Waals surface area (Å²) in [4.78, 5) is 0. The Labute approximate surface area is 190 Å². The van der Waals surface area contributed by atoms with Gasteiger partial charge in [-0.2, -0.15) is 33.9 Å². The van der Waals surface area contributed by atoms with E-state index in [4.69, 9.17) is 0 Å². The molecule has 0 amide bonds. The second-order valence-corrected chi connectivity index (χ2v) is 25.7. The quantitative estimate of drug-likeness (QED) is 0.197. The molecule has 0 atom stereocenters. The van der Waals surface area contributed by atoms with Gasteiger partial charge in [0, 0.05) is 0 Å². The molecule has 0 aliphatic heterocycles. The van der Waals surface area contributed by atoms with Crippen molar-refractivity contribution >= 4 is 46.9 Å². The van der Waals surface area contributed by atoms with E-state index in [1.165, 1.54) is 63.4 Å². The summed E-state index contributed by atoms with van der Waals surface area (Å²) in [6.45, 7) is 13.2. The maximum atomic E-state index is 2.45. The van der Waals surface area contributed by atoms with E-state index >= 15 is 0 Å². The molecule has 0 aliphatic rings. The van der Waals surface area contributed by atoms with Gasteiger partial charge in [-0.1, -0.05) is 60.5 Å². The van der Waals surface area contributed by atoms with Gasteiger partial charge < -0.3 is 0 Å². The predicted molar refractivity (Wildman–Crippen MR) is 132 cm³/mol. The van der Waals surface area contributed by atoms with Gasteiger partial charge in [0.1, 0.15) is 0 Å². The molecule has 0 bridgehead atoms. The van der Waals surface area contributed by atoms with Crippen molar-refractivity contribution in [1.29, 1.82) is 0 Å². The van der Waals surface area contributed by atoms with E-state index in [1.54, 1.807) is 0 Å². The Morgan fingerprint density at radius 1 is 1.00 bits per heavy atom. The van der Waals surface area contributed by atoms with Gasteiger partial charge in [0.2, 0.25) is 0 Å². The number of benzene rings is 1. The number of halogens is 2. The molecule has 0 saturated heterocycles. The van der Waals surface area contributed by atoms with Gasteiger partial charge in [-0.15, -0.1) is 40.6 Å². The van der Waals surface area contributed by atoms with Crippen molar-refractivity contribution in [2.75, 3.05) is 0 Å². The average Bonchev–Trinajstić information content (AvgIpc) is 3.13. The molecule has 0 spiro atoms. The summed E-state index contributed by atoms with van der Waals surface area (Å²) in [7, 11) is 0. The van der Waals surface area contributed by atoms with Gasteiger partial charge >= 0.3 is 50.9 Å². The number of rotatable bonds is 3. The molecule has 26 heavy (non-hydrogen) atoms. The third-order valence-corrected chi connectivity index (χ3v) is 5.31. The van der Waals surface area contributed by atoms with Crippen LogP contribution in [0, 0.1) is 34.6 Å². The molecule has 0 N–H and O–H groups in total. The van der Waals surface area contributed by atoms with Crippen molar-refractivity contribution in [1.82, 2.24) is 0 Å². The molecule has 0 heterocycles. The number of fused-ring (bicyclic) bond motifs is 1. The SMILES string of the molecule is CCCCc1cc2ccccc2[cH-]1.Cc1c(C)c(C)[c-](C)c1C.[I][Zr+2][I]. The first-order valence-corrected chi connectivity index (χ1v) is 23.8. The third kappa shape index (κ3) is 7.16. The molecule has 0 aromatic heterocycles. The summed E-state index contributed by atoms with van der Waals surface area (Å²) >= 11 is 5.06. The Bertz CT molecular complexity index is 683. The molecule has 0 radical (unpaired) electrons. The molecule has 3 rings (SSSR count). The topological polar surface area (TPSA) is 0 Å². The van der Waals surface area contributed by atoms with Crippen LogP contribution in [0.15, 0.2) is 36.4 Å². The molecule has 0 fully saturated rings. The van der Waals surface area contributed by atoms with Crippen LogP contribution in [-0.4, -0.2) is 0 Å². The monoisotopic (exact) mass is 650 g/mol. The fourth-order valence-electron chi connectivity index (χ4n) is 3.15. The van der Waals surface area contributed by atoms with Crippen molar-refractivity contribution in [2.45, 2.75) is 60.8 Å². The van der Waals surface area contributed by atoms with Gasteiger partial charge in [-0.05, 0) is 6.42 Å². The van der Waals surface area contributed by atoms with Gasteiger partial charge in [-0.25, -0.2) is 0 Å². The summed E-state index contributed by atoms with van der Waals surface area (Å²) in [5.41, 5.74) is 8.83. The van der Waals surface area contributed by atoms with Crippen LogP contribution in [0.25, 0.3) is 10.8 Å². The van der Waals surface area contributed by atoms with Crippen molar-refractivity contribution in [2.24, 2.45) is 0 Å². The zero-order chi connectivity index (χ0) is 19.7. The van der Waals surface area contributed by atoms with E-state index < -0.39 is 0 Å². The van der Waals surface area contributed by atoms with Crippen molar-refractivity contribution in [3.05, 3.63) is 69.8 Å². The molecule has 0 nitrogen and oxygen atoms in total. The van der Waals surface area contributed by atoms with Crippen LogP contribution in [-0.2, 0) is 21.3 Å². The minimum absolute atomic E-state index is 0.170. The molecular weight excluding hydrogens is 621 g/mol. The van der Waals surface area contributed by atoms with Crippen molar-refractivity contribution < 1.29 is 14.9 Å². The third-order valence-electron chi connectivity index (χ3n) is 5.31. The Kier molecular flexibility index (Phi) is 12.2. The van der Waals surface area contributed by atoms with Gasteiger partial charge in [0.15, 0.2) is 0 Å². The first-order valence-electron chi connectivity index (χ1n) is 9.17. The van der Waals surface area contributed by atoms with Crippen molar-refractivity contribution in [3.8, 4) is 0 Å². The van der Waals surface area contributed by atoms with Gasteiger partial charge in [-0.3, -0.25) is 0 Å². The standard InChI is InChI=1S/C13H15.C10H15.2HI.Zr/c1-2-3-6-11-9-12-7-4-5-8-13(12)10-11;1-6-7(2)9(4)10(5)8(6)3;;;/h4-5,7-10H,2-3,6H2,1H3;1-5H3;2*1H;/q2*-1;;;+4/p-2. The molecule has 0 aliphatic carbocycles. The number of aryl methyl sites for hydroxylation is 1. The van der Waals surface area contributed by atoms with E-state index in [0.29, 0.717) is 0 Å². The van der Waals surface area contributed by atoms with Crippen LogP contribution >= 0.6 is 36.1 Å². The zero-order valence-electron chi connectivity index (χ0n) is 16.8. The normalized spacial score (nSPS) is 9.85. The Balaban J connectivity index is 0.000000233. The van der Waals surface area contributed by atoms with Crippen LogP contribution in [0.4, 0.5) is 0 Å². The number of hydrogen-bond donors (Lipinski definition) is 0. The Hall–Kier alpha value is 0.523. The summed E-state index contributed by atoms with van der Waals surface area (Å²) in [5.74, 6) is 0. The van der Waals surface area contributed by atoms with Crippen LogP contribution < -0.4 is 0 Å². The Morgan fingerprint density at radius 2 is 1.54 bits per heavy atom. The van der Waals surface area contributed by atoms with Gasteiger partial charge in [0.05, 0.1) is 0 Å². The van der Waals surface area contributed by atoms with Crippen molar-refractivity contribution in [3.63, 3.8) is 0 Å². The molecule has 0 unspecified atom stereocenters. The summed E-state index contributed by atoms with van der Waals surface area (Å²) in [6, 6.07) is 13.2. The first kappa shape index (κ1) is 24.6.